The lowest BCUT2D eigenvalue weighted by Crippen LogP contribution is -2.02. The molecule has 0 amide bonds. The minimum Gasteiger partial charge on any atom is -0.490 e. The summed E-state index contributed by atoms with van der Waals surface area (Å²) >= 11 is 0. The van der Waals surface area contributed by atoms with Crippen molar-refractivity contribution in [2.45, 2.75) is 0 Å². The third-order valence-corrected chi connectivity index (χ3v) is 3.15. The Morgan fingerprint density at radius 2 is 1.43 bits per heavy atom. The second-order valence-corrected chi connectivity index (χ2v) is 4.26. The lowest BCUT2D eigenvalue weighted by atomic mass is 10.0. The smallest absolute Gasteiger partial charge is 0.326 e. The zero-order chi connectivity index (χ0) is 17.3. The van der Waals surface area contributed by atoms with E-state index in [0.29, 0.717) is 0 Å². The van der Waals surface area contributed by atoms with Crippen molar-refractivity contribution in [3.05, 3.63) is 48.5 Å². The Kier molecular flexibility index (Phi) is 3.94. The van der Waals surface area contributed by atoms with Gasteiger partial charge in [0, 0.05) is 6.07 Å². The number of ether oxygens (including phenoxy) is 2. The summed E-state index contributed by atoms with van der Waals surface area (Å²) in [4.78, 5) is 31.1. The molecular formula is C12H9N3O8. The molecule has 120 valence electrons. The van der Waals surface area contributed by atoms with E-state index in [-0.39, 0.29) is 16.5 Å². The van der Waals surface area contributed by atoms with Crippen molar-refractivity contribution in [3.63, 3.8) is 0 Å². The second kappa shape index (κ2) is 5.71. The van der Waals surface area contributed by atoms with Crippen LogP contribution in [-0.4, -0.2) is 29.0 Å². The quantitative estimate of drug-likeness (QED) is 0.602. The van der Waals surface area contributed by atoms with Crippen LogP contribution in [0.25, 0.3) is 10.8 Å². The van der Waals surface area contributed by atoms with Crippen molar-refractivity contribution in [3.8, 4) is 11.5 Å². The molecule has 0 aliphatic carbocycles. The minimum atomic E-state index is -0.908. The van der Waals surface area contributed by atoms with E-state index in [1.54, 1.807) is 0 Å². The van der Waals surface area contributed by atoms with Gasteiger partial charge in [-0.25, -0.2) is 0 Å². The molecule has 2 aromatic rings. The molecule has 0 unspecified atom stereocenters. The Morgan fingerprint density at radius 1 is 0.826 bits per heavy atom. The van der Waals surface area contributed by atoms with Gasteiger partial charge in [-0.05, 0) is 12.1 Å². The number of rotatable bonds is 5. The SMILES string of the molecule is COc1ccc2c([N+](=O)[O-])c(OC)c([N+](=O)[O-])cc2c1[N+](=O)[O-]. The molecule has 0 aliphatic heterocycles. The van der Waals surface area contributed by atoms with Crippen LogP contribution in [0.3, 0.4) is 0 Å². The highest BCUT2D eigenvalue weighted by Crippen LogP contribution is 2.47. The summed E-state index contributed by atoms with van der Waals surface area (Å²) in [5.74, 6) is -0.747. The highest BCUT2D eigenvalue weighted by atomic mass is 16.6. The molecule has 0 heterocycles. The molecule has 0 aromatic heterocycles. The predicted molar refractivity (Wildman–Crippen MR) is 77.0 cm³/mol. The van der Waals surface area contributed by atoms with Crippen LogP contribution in [0.2, 0.25) is 0 Å². The molecule has 2 aromatic carbocycles. The Morgan fingerprint density at radius 3 is 1.87 bits per heavy atom. The third-order valence-electron chi connectivity index (χ3n) is 3.15. The molecule has 0 aliphatic rings. The van der Waals surface area contributed by atoms with Crippen molar-refractivity contribution in [2.24, 2.45) is 0 Å². The monoisotopic (exact) mass is 323 g/mol. The molecule has 0 N–H and O–H groups in total. The number of nitro benzene ring substituents is 3. The third kappa shape index (κ3) is 2.43. The van der Waals surface area contributed by atoms with E-state index in [1.165, 1.54) is 19.2 Å². The largest absolute Gasteiger partial charge is 0.490 e. The molecule has 0 bridgehead atoms. The fourth-order valence-corrected chi connectivity index (χ4v) is 2.26. The van der Waals surface area contributed by atoms with Crippen molar-refractivity contribution < 1.29 is 24.2 Å². The predicted octanol–water partition coefficient (Wildman–Crippen LogP) is 2.58. The zero-order valence-corrected chi connectivity index (χ0v) is 11.8. The minimum absolute atomic E-state index is 0.162. The van der Waals surface area contributed by atoms with Crippen LogP contribution in [0.1, 0.15) is 0 Å². The maximum Gasteiger partial charge on any atom is 0.326 e. The number of hydrogen-bond acceptors (Lipinski definition) is 8. The highest BCUT2D eigenvalue weighted by Gasteiger charge is 2.34. The molecule has 2 rings (SSSR count). The Bertz CT molecular complexity index is 848. The molecule has 0 saturated carbocycles. The first-order valence-corrected chi connectivity index (χ1v) is 5.98. The molecule has 11 heteroatoms. The van der Waals surface area contributed by atoms with Gasteiger partial charge in [-0.1, -0.05) is 0 Å². The molecule has 0 spiro atoms. The molecule has 23 heavy (non-hydrogen) atoms. The van der Waals surface area contributed by atoms with Gasteiger partial charge in [0.05, 0.1) is 39.8 Å². The lowest BCUT2D eigenvalue weighted by Gasteiger charge is -2.08. The summed E-state index contributed by atoms with van der Waals surface area (Å²) in [7, 11) is 2.22. The van der Waals surface area contributed by atoms with Crippen molar-refractivity contribution in [1.82, 2.24) is 0 Å². The highest BCUT2D eigenvalue weighted by molar-refractivity contribution is 6.03. The molecular weight excluding hydrogens is 314 g/mol. The summed E-state index contributed by atoms with van der Waals surface area (Å²) in [6, 6.07) is 3.26. The first-order valence-electron chi connectivity index (χ1n) is 5.98. The molecule has 0 atom stereocenters. The average molecular weight is 323 g/mol. The van der Waals surface area contributed by atoms with Gasteiger partial charge in [0.15, 0.2) is 5.75 Å². The number of methoxy groups -OCH3 is 2. The van der Waals surface area contributed by atoms with Gasteiger partial charge in [0.2, 0.25) is 0 Å². The van der Waals surface area contributed by atoms with Gasteiger partial charge in [-0.3, -0.25) is 30.3 Å². The van der Waals surface area contributed by atoms with Crippen LogP contribution in [0, 0.1) is 30.3 Å². The number of benzene rings is 2. The van der Waals surface area contributed by atoms with E-state index in [4.69, 9.17) is 9.47 Å². The van der Waals surface area contributed by atoms with E-state index >= 15 is 0 Å². The van der Waals surface area contributed by atoms with Crippen LogP contribution < -0.4 is 9.47 Å². The average Bonchev–Trinajstić information content (AvgIpc) is 2.50. The summed E-state index contributed by atoms with van der Waals surface area (Å²) in [5.41, 5.74) is -2.07. The van der Waals surface area contributed by atoms with Crippen LogP contribution in [0.5, 0.6) is 11.5 Å². The van der Waals surface area contributed by atoms with Crippen LogP contribution in [-0.2, 0) is 0 Å². The Balaban J connectivity index is 3.11. The number of hydrogen-bond donors (Lipinski definition) is 0. The number of fused-ring (bicyclic) bond motifs is 1. The van der Waals surface area contributed by atoms with Gasteiger partial charge in [-0.15, -0.1) is 0 Å². The molecule has 0 saturated heterocycles. The Labute approximate surface area is 127 Å². The normalized spacial score (nSPS) is 10.3. The number of nitro groups is 3. The van der Waals surface area contributed by atoms with Crippen molar-refractivity contribution in [2.75, 3.05) is 14.2 Å². The fraction of sp³-hybridized carbons (Fsp3) is 0.167. The van der Waals surface area contributed by atoms with Crippen molar-refractivity contribution >= 4 is 27.8 Å². The van der Waals surface area contributed by atoms with Crippen molar-refractivity contribution in [1.29, 1.82) is 0 Å². The molecule has 0 fully saturated rings. The maximum atomic E-state index is 11.3. The van der Waals surface area contributed by atoms with Gasteiger partial charge >= 0.3 is 17.1 Å². The van der Waals surface area contributed by atoms with Gasteiger partial charge < -0.3 is 9.47 Å². The topological polar surface area (TPSA) is 148 Å². The summed E-state index contributed by atoms with van der Waals surface area (Å²) < 4.78 is 9.64. The maximum absolute atomic E-state index is 11.3. The number of nitrogens with zero attached hydrogens (tertiary/aromatic N) is 3. The van der Waals surface area contributed by atoms with Gasteiger partial charge in [0.25, 0.3) is 5.75 Å². The van der Waals surface area contributed by atoms with E-state index < -0.39 is 37.6 Å². The summed E-state index contributed by atoms with van der Waals surface area (Å²) in [6.07, 6.45) is 0. The second-order valence-electron chi connectivity index (χ2n) is 4.26. The van der Waals surface area contributed by atoms with E-state index in [2.05, 4.69) is 0 Å². The van der Waals surface area contributed by atoms with Crippen LogP contribution in [0.4, 0.5) is 17.1 Å². The summed E-state index contributed by atoms with van der Waals surface area (Å²) in [5, 5.41) is 33.3. The Hall–Kier alpha value is -3.50. The van der Waals surface area contributed by atoms with E-state index in [9.17, 15) is 30.3 Å². The fourth-order valence-electron chi connectivity index (χ4n) is 2.26. The molecule has 11 nitrogen and oxygen atoms in total. The van der Waals surface area contributed by atoms with E-state index in [0.717, 1.165) is 13.2 Å². The van der Waals surface area contributed by atoms with Gasteiger partial charge in [0.1, 0.15) is 0 Å². The van der Waals surface area contributed by atoms with Crippen LogP contribution in [0.15, 0.2) is 18.2 Å². The lowest BCUT2D eigenvalue weighted by molar-refractivity contribution is -0.395. The zero-order valence-electron chi connectivity index (χ0n) is 11.8. The summed E-state index contributed by atoms with van der Waals surface area (Å²) in [6.45, 7) is 0. The first-order chi connectivity index (χ1) is 10.8. The standard InChI is InChI=1S/C12H9N3O8/c1-22-9-4-3-6-7(10(9)14(18)19)5-8(13(16)17)12(23-2)11(6)15(20)21/h3-5H,1-2H3. The van der Waals surface area contributed by atoms with E-state index in [1.807, 2.05) is 0 Å². The first kappa shape index (κ1) is 15.9. The van der Waals surface area contributed by atoms with Gasteiger partial charge in [-0.2, -0.15) is 0 Å². The van der Waals surface area contributed by atoms with Crippen LogP contribution >= 0.6 is 0 Å². The molecule has 0 radical (unpaired) electrons.